The van der Waals surface area contributed by atoms with Gasteiger partial charge in [-0.2, -0.15) is 0 Å². The first-order chi connectivity index (χ1) is 9.92. The van der Waals surface area contributed by atoms with E-state index < -0.39 is 11.4 Å². The van der Waals surface area contributed by atoms with Crippen molar-refractivity contribution in [2.75, 3.05) is 7.11 Å². The molecule has 1 heterocycles. The Bertz CT molecular complexity index is 637. The van der Waals surface area contributed by atoms with Crippen molar-refractivity contribution in [2.24, 2.45) is 5.41 Å². The van der Waals surface area contributed by atoms with Crippen LogP contribution in [0.2, 0.25) is 0 Å². The van der Waals surface area contributed by atoms with Gasteiger partial charge in [0, 0.05) is 6.42 Å². The molecule has 2 aromatic rings. The summed E-state index contributed by atoms with van der Waals surface area (Å²) < 4.78 is 6.72. The van der Waals surface area contributed by atoms with Crippen molar-refractivity contribution in [1.82, 2.24) is 20.2 Å². The number of ether oxygens (including phenoxy) is 1. The van der Waals surface area contributed by atoms with Crippen LogP contribution in [-0.2, 0) is 17.8 Å². The lowest BCUT2D eigenvalue weighted by Crippen LogP contribution is -2.30. The van der Waals surface area contributed by atoms with E-state index in [-0.39, 0.29) is 6.54 Å². The van der Waals surface area contributed by atoms with E-state index in [9.17, 15) is 9.90 Å². The molecule has 21 heavy (non-hydrogen) atoms. The number of aromatic nitrogens is 4. The number of nitrogens with zero attached hydrogens (tertiary/aromatic N) is 4. The van der Waals surface area contributed by atoms with Gasteiger partial charge in [-0.15, -0.1) is 5.10 Å². The number of hydrogen-bond acceptors (Lipinski definition) is 5. The van der Waals surface area contributed by atoms with Crippen LogP contribution in [-0.4, -0.2) is 38.4 Å². The van der Waals surface area contributed by atoms with E-state index in [1.807, 2.05) is 24.3 Å². The highest BCUT2D eigenvalue weighted by molar-refractivity contribution is 5.73. The maximum atomic E-state index is 11.2. The molecule has 0 saturated heterocycles. The van der Waals surface area contributed by atoms with Crippen molar-refractivity contribution in [3.63, 3.8) is 0 Å². The molecule has 0 saturated carbocycles. The number of aliphatic carboxylic acids is 1. The van der Waals surface area contributed by atoms with Gasteiger partial charge in [0.25, 0.3) is 0 Å². The number of hydrogen-bond donors (Lipinski definition) is 1. The Balaban J connectivity index is 2.19. The molecule has 2 rings (SSSR count). The Morgan fingerprint density at radius 1 is 1.43 bits per heavy atom. The molecule has 112 valence electrons. The van der Waals surface area contributed by atoms with Gasteiger partial charge in [0.05, 0.1) is 19.1 Å². The highest BCUT2D eigenvalue weighted by Gasteiger charge is 2.29. The third-order valence-corrected chi connectivity index (χ3v) is 3.23. The van der Waals surface area contributed by atoms with E-state index >= 15 is 0 Å². The fourth-order valence-corrected chi connectivity index (χ4v) is 1.88. The molecule has 0 unspecified atom stereocenters. The van der Waals surface area contributed by atoms with Crippen LogP contribution in [0.5, 0.6) is 5.75 Å². The highest BCUT2D eigenvalue weighted by Crippen LogP contribution is 2.20. The molecule has 0 amide bonds. The van der Waals surface area contributed by atoms with Crippen molar-refractivity contribution in [2.45, 2.75) is 26.8 Å². The van der Waals surface area contributed by atoms with Crippen molar-refractivity contribution in [1.29, 1.82) is 0 Å². The first-order valence-electron chi connectivity index (χ1n) is 6.54. The number of rotatable bonds is 6. The van der Waals surface area contributed by atoms with Crippen molar-refractivity contribution in [3.05, 3.63) is 35.7 Å². The smallest absolute Gasteiger partial charge is 0.310 e. The number of carbonyl (C=O) groups is 1. The third-order valence-electron chi connectivity index (χ3n) is 3.23. The second-order valence-electron chi connectivity index (χ2n) is 5.47. The summed E-state index contributed by atoms with van der Waals surface area (Å²) in [7, 11) is 1.61. The first kappa shape index (κ1) is 15.0. The third kappa shape index (κ3) is 3.56. The van der Waals surface area contributed by atoms with Crippen LogP contribution in [0.25, 0.3) is 0 Å². The number of carboxylic acid groups (broad SMARTS) is 1. The van der Waals surface area contributed by atoms with Crippen LogP contribution in [0, 0.1) is 5.41 Å². The predicted molar refractivity (Wildman–Crippen MR) is 75.0 cm³/mol. The molecular formula is C14H18N4O3. The van der Waals surface area contributed by atoms with E-state index in [0.29, 0.717) is 12.2 Å². The largest absolute Gasteiger partial charge is 0.497 e. The molecule has 0 aliphatic rings. The highest BCUT2D eigenvalue weighted by atomic mass is 16.5. The van der Waals surface area contributed by atoms with Crippen LogP contribution < -0.4 is 4.74 Å². The predicted octanol–water partition coefficient (Wildman–Crippen LogP) is 1.38. The lowest BCUT2D eigenvalue weighted by atomic mass is 9.94. The monoisotopic (exact) mass is 290 g/mol. The van der Waals surface area contributed by atoms with Gasteiger partial charge >= 0.3 is 5.97 Å². The number of methoxy groups -OCH3 is 1. The zero-order valence-corrected chi connectivity index (χ0v) is 12.3. The van der Waals surface area contributed by atoms with Crippen LogP contribution >= 0.6 is 0 Å². The maximum Gasteiger partial charge on any atom is 0.310 e. The Kier molecular flexibility index (Phi) is 4.21. The van der Waals surface area contributed by atoms with E-state index in [0.717, 1.165) is 11.3 Å². The number of tetrazole rings is 1. The summed E-state index contributed by atoms with van der Waals surface area (Å²) in [5.41, 5.74) is 0.0666. The standard InChI is InChI=1S/C14H18N4O3/c1-14(2,13(19)20)9-18-12(15-16-17-18)8-10-5-4-6-11(7-10)21-3/h4-7H,8-9H2,1-3H3,(H,19,20). The summed E-state index contributed by atoms with van der Waals surface area (Å²) in [6.07, 6.45) is 0.514. The first-order valence-corrected chi connectivity index (χ1v) is 6.54. The Morgan fingerprint density at radius 3 is 2.86 bits per heavy atom. The Morgan fingerprint density at radius 2 is 2.19 bits per heavy atom. The van der Waals surface area contributed by atoms with Gasteiger partial charge in [-0.3, -0.25) is 4.79 Å². The van der Waals surface area contributed by atoms with Gasteiger partial charge in [0.15, 0.2) is 5.82 Å². The SMILES string of the molecule is COc1cccc(Cc2nnnn2CC(C)(C)C(=O)O)c1. The lowest BCUT2D eigenvalue weighted by Gasteiger charge is -2.19. The van der Waals surface area contributed by atoms with Gasteiger partial charge in [0.1, 0.15) is 5.75 Å². The molecule has 7 nitrogen and oxygen atoms in total. The summed E-state index contributed by atoms with van der Waals surface area (Å²) in [4.78, 5) is 11.2. The molecule has 0 aliphatic carbocycles. The normalized spacial score (nSPS) is 11.4. The van der Waals surface area contributed by atoms with E-state index in [1.54, 1.807) is 21.0 Å². The zero-order valence-electron chi connectivity index (χ0n) is 12.3. The Labute approximate surface area is 122 Å². The van der Waals surface area contributed by atoms with E-state index in [2.05, 4.69) is 15.5 Å². The summed E-state index contributed by atoms with van der Waals surface area (Å²) in [5.74, 6) is 0.500. The summed E-state index contributed by atoms with van der Waals surface area (Å²) in [5, 5.41) is 20.7. The van der Waals surface area contributed by atoms with Gasteiger partial charge in [0.2, 0.25) is 0 Å². The van der Waals surface area contributed by atoms with Gasteiger partial charge in [-0.05, 0) is 42.0 Å². The quantitative estimate of drug-likeness (QED) is 0.864. The fourth-order valence-electron chi connectivity index (χ4n) is 1.88. The zero-order chi connectivity index (χ0) is 15.5. The molecule has 0 fully saturated rings. The summed E-state index contributed by atoms with van der Waals surface area (Å²) in [6.45, 7) is 3.51. The topological polar surface area (TPSA) is 90.1 Å². The summed E-state index contributed by atoms with van der Waals surface area (Å²) in [6, 6.07) is 7.61. The summed E-state index contributed by atoms with van der Waals surface area (Å²) >= 11 is 0. The molecule has 1 aromatic heterocycles. The van der Waals surface area contributed by atoms with Crippen LogP contribution in [0.15, 0.2) is 24.3 Å². The van der Waals surface area contributed by atoms with Crippen molar-refractivity contribution >= 4 is 5.97 Å². The molecular weight excluding hydrogens is 272 g/mol. The molecule has 0 bridgehead atoms. The Hall–Kier alpha value is -2.44. The molecule has 0 atom stereocenters. The van der Waals surface area contributed by atoms with E-state index in [1.165, 1.54) is 4.68 Å². The average molecular weight is 290 g/mol. The van der Waals surface area contributed by atoms with Crippen LogP contribution in [0.3, 0.4) is 0 Å². The number of benzene rings is 1. The van der Waals surface area contributed by atoms with Crippen LogP contribution in [0.4, 0.5) is 0 Å². The minimum absolute atomic E-state index is 0.217. The molecule has 0 radical (unpaired) electrons. The lowest BCUT2D eigenvalue weighted by molar-refractivity contribution is -0.147. The molecule has 0 spiro atoms. The van der Waals surface area contributed by atoms with E-state index in [4.69, 9.17) is 4.74 Å². The van der Waals surface area contributed by atoms with Crippen LogP contribution in [0.1, 0.15) is 25.2 Å². The fraction of sp³-hybridized carbons (Fsp3) is 0.429. The molecule has 1 N–H and O–H groups in total. The van der Waals surface area contributed by atoms with Gasteiger partial charge in [-0.1, -0.05) is 12.1 Å². The molecule has 1 aromatic carbocycles. The number of carboxylic acids is 1. The van der Waals surface area contributed by atoms with Gasteiger partial charge in [-0.25, -0.2) is 4.68 Å². The average Bonchev–Trinajstić information content (AvgIpc) is 2.85. The second-order valence-corrected chi connectivity index (χ2v) is 5.47. The van der Waals surface area contributed by atoms with Crippen molar-refractivity contribution in [3.8, 4) is 5.75 Å². The maximum absolute atomic E-state index is 11.2. The molecule has 7 heteroatoms. The second kappa shape index (κ2) is 5.90. The van der Waals surface area contributed by atoms with Crippen molar-refractivity contribution < 1.29 is 14.6 Å². The minimum atomic E-state index is -0.932. The molecule has 0 aliphatic heterocycles. The van der Waals surface area contributed by atoms with Gasteiger partial charge < -0.3 is 9.84 Å². The minimum Gasteiger partial charge on any atom is -0.497 e.